The minimum atomic E-state index is 0.712. The number of anilines is 1. The van der Waals surface area contributed by atoms with Gasteiger partial charge in [0.15, 0.2) is 0 Å². The number of nitrogens with zero attached hydrogens (tertiary/aromatic N) is 1. The number of nitrogen functional groups attached to an aromatic ring is 1. The summed E-state index contributed by atoms with van der Waals surface area (Å²) in [5.74, 6) is 0.781. The largest absolute Gasteiger partial charge is 0.398 e. The summed E-state index contributed by atoms with van der Waals surface area (Å²) in [5, 5.41) is 3.97. The van der Waals surface area contributed by atoms with Gasteiger partial charge in [0.2, 0.25) is 0 Å². The second-order valence-corrected chi connectivity index (χ2v) is 4.31. The third-order valence-corrected chi connectivity index (χ3v) is 3.17. The second-order valence-electron chi connectivity index (χ2n) is 3.46. The molecule has 78 valence electrons. The lowest BCUT2D eigenvalue weighted by Gasteiger charge is -2.07. The predicted molar refractivity (Wildman–Crippen MR) is 63.5 cm³/mol. The van der Waals surface area contributed by atoms with Gasteiger partial charge in [-0.05, 0) is 31.5 Å². The lowest BCUT2D eigenvalue weighted by molar-refractivity contribution is 0.399. The van der Waals surface area contributed by atoms with Crippen molar-refractivity contribution in [2.45, 2.75) is 13.8 Å². The molecule has 3 nitrogen and oxygen atoms in total. The summed E-state index contributed by atoms with van der Waals surface area (Å²) in [5.41, 5.74) is 9.43. The Bertz CT molecular complexity index is 505. The van der Waals surface area contributed by atoms with Crippen LogP contribution in [0.25, 0.3) is 11.3 Å². The fraction of sp³-hybridized carbons (Fsp3) is 0.182. The summed E-state index contributed by atoms with van der Waals surface area (Å²) in [7, 11) is 0. The van der Waals surface area contributed by atoms with Gasteiger partial charge in [0.25, 0.3) is 0 Å². The maximum absolute atomic E-state index is 5.93. The van der Waals surface area contributed by atoms with Crippen LogP contribution in [0.4, 0.5) is 5.69 Å². The molecule has 0 spiro atoms. The number of aromatic nitrogens is 1. The fourth-order valence-electron chi connectivity index (χ4n) is 1.53. The van der Waals surface area contributed by atoms with E-state index in [0.29, 0.717) is 5.69 Å². The Labute approximate surface area is 96.4 Å². The van der Waals surface area contributed by atoms with Gasteiger partial charge in [-0.15, -0.1) is 0 Å². The summed E-state index contributed by atoms with van der Waals surface area (Å²) in [6, 6.07) is 5.67. The summed E-state index contributed by atoms with van der Waals surface area (Å²) < 4.78 is 6.07. The highest BCUT2D eigenvalue weighted by atomic mass is 79.9. The number of rotatable bonds is 1. The molecule has 0 atom stereocenters. The van der Waals surface area contributed by atoms with Crippen molar-refractivity contribution in [3.05, 3.63) is 34.0 Å². The number of nitrogens with two attached hydrogens (primary N) is 1. The van der Waals surface area contributed by atoms with E-state index in [1.165, 1.54) is 0 Å². The van der Waals surface area contributed by atoms with Crippen molar-refractivity contribution in [2.24, 2.45) is 0 Å². The highest BCUT2D eigenvalue weighted by molar-refractivity contribution is 9.10. The first kappa shape index (κ1) is 10.2. The number of hydrogen-bond donors (Lipinski definition) is 1. The van der Waals surface area contributed by atoms with Crippen molar-refractivity contribution in [3.8, 4) is 11.3 Å². The van der Waals surface area contributed by atoms with E-state index in [2.05, 4.69) is 21.1 Å². The maximum atomic E-state index is 5.93. The van der Waals surface area contributed by atoms with Crippen molar-refractivity contribution in [1.82, 2.24) is 5.16 Å². The standard InChI is InChI=1S/C11H11BrN2O/c1-6-5-10(14-15-6)11-7(2)8(12)3-4-9(11)13/h3-5H,13H2,1-2H3. The molecule has 1 aromatic heterocycles. The third kappa shape index (κ3) is 1.77. The van der Waals surface area contributed by atoms with Crippen molar-refractivity contribution in [3.63, 3.8) is 0 Å². The van der Waals surface area contributed by atoms with Gasteiger partial charge in [-0.1, -0.05) is 21.1 Å². The van der Waals surface area contributed by atoms with E-state index in [4.69, 9.17) is 10.3 Å². The van der Waals surface area contributed by atoms with Gasteiger partial charge in [0, 0.05) is 21.8 Å². The van der Waals surface area contributed by atoms with E-state index in [-0.39, 0.29) is 0 Å². The number of aryl methyl sites for hydroxylation is 1. The quantitative estimate of drug-likeness (QED) is 0.806. The van der Waals surface area contributed by atoms with Gasteiger partial charge < -0.3 is 10.3 Å². The van der Waals surface area contributed by atoms with Crippen LogP contribution in [0.1, 0.15) is 11.3 Å². The Hall–Kier alpha value is -1.29. The minimum Gasteiger partial charge on any atom is -0.398 e. The van der Waals surface area contributed by atoms with Gasteiger partial charge in [-0.2, -0.15) is 0 Å². The van der Waals surface area contributed by atoms with Crippen LogP contribution in [0, 0.1) is 13.8 Å². The molecule has 2 N–H and O–H groups in total. The third-order valence-electron chi connectivity index (χ3n) is 2.32. The molecule has 0 fully saturated rings. The Balaban J connectivity index is 2.66. The Morgan fingerprint density at radius 1 is 1.33 bits per heavy atom. The van der Waals surface area contributed by atoms with Crippen LogP contribution >= 0.6 is 15.9 Å². The predicted octanol–water partition coefficient (Wildman–Crippen LogP) is 3.30. The van der Waals surface area contributed by atoms with Crippen LogP contribution in [-0.2, 0) is 0 Å². The van der Waals surface area contributed by atoms with Gasteiger partial charge in [-0.3, -0.25) is 0 Å². The van der Waals surface area contributed by atoms with E-state index in [9.17, 15) is 0 Å². The molecular formula is C11H11BrN2O. The molecule has 0 unspecified atom stereocenters. The number of benzene rings is 1. The highest BCUT2D eigenvalue weighted by Gasteiger charge is 2.12. The van der Waals surface area contributed by atoms with E-state index < -0.39 is 0 Å². The Kier molecular flexibility index (Phi) is 2.52. The van der Waals surface area contributed by atoms with E-state index in [1.54, 1.807) is 0 Å². The van der Waals surface area contributed by atoms with Gasteiger partial charge >= 0.3 is 0 Å². The molecule has 0 saturated carbocycles. The van der Waals surface area contributed by atoms with Gasteiger partial charge in [0.05, 0.1) is 0 Å². The molecule has 0 bridgehead atoms. The first-order valence-electron chi connectivity index (χ1n) is 4.58. The molecule has 1 aromatic carbocycles. The Morgan fingerprint density at radius 2 is 2.07 bits per heavy atom. The molecule has 2 aromatic rings. The topological polar surface area (TPSA) is 52.0 Å². The van der Waals surface area contributed by atoms with E-state index in [0.717, 1.165) is 27.1 Å². The maximum Gasteiger partial charge on any atom is 0.134 e. The molecular weight excluding hydrogens is 256 g/mol. The van der Waals surface area contributed by atoms with Crippen LogP contribution in [0.2, 0.25) is 0 Å². The van der Waals surface area contributed by atoms with Crippen molar-refractivity contribution >= 4 is 21.6 Å². The van der Waals surface area contributed by atoms with Gasteiger partial charge in [-0.25, -0.2) is 0 Å². The van der Waals surface area contributed by atoms with Crippen molar-refractivity contribution in [2.75, 3.05) is 5.73 Å². The molecule has 0 aliphatic rings. The zero-order valence-electron chi connectivity index (χ0n) is 8.54. The minimum absolute atomic E-state index is 0.712. The van der Waals surface area contributed by atoms with Gasteiger partial charge in [0.1, 0.15) is 11.5 Å². The molecule has 0 aliphatic carbocycles. The zero-order chi connectivity index (χ0) is 11.0. The first-order chi connectivity index (χ1) is 7.09. The second kappa shape index (κ2) is 3.70. The molecule has 0 radical (unpaired) electrons. The van der Waals surface area contributed by atoms with Crippen LogP contribution in [0.5, 0.6) is 0 Å². The molecule has 1 heterocycles. The summed E-state index contributed by atoms with van der Waals surface area (Å²) in [6.07, 6.45) is 0. The van der Waals surface area contributed by atoms with Crippen molar-refractivity contribution < 1.29 is 4.52 Å². The molecule has 2 rings (SSSR count). The fourth-order valence-corrected chi connectivity index (χ4v) is 1.86. The van der Waals surface area contributed by atoms with Crippen LogP contribution in [0.3, 0.4) is 0 Å². The van der Waals surface area contributed by atoms with Crippen LogP contribution < -0.4 is 5.73 Å². The SMILES string of the molecule is Cc1cc(-c2c(N)ccc(Br)c2C)no1. The molecule has 0 saturated heterocycles. The molecule has 4 heteroatoms. The molecule has 0 amide bonds. The average molecular weight is 267 g/mol. The highest BCUT2D eigenvalue weighted by Crippen LogP contribution is 2.33. The number of hydrogen-bond acceptors (Lipinski definition) is 3. The lowest BCUT2D eigenvalue weighted by Crippen LogP contribution is -1.93. The molecule has 0 aliphatic heterocycles. The van der Waals surface area contributed by atoms with Crippen molar-refractivity contribution in [1.29, 1.82) is 0 Å². The lowest BCUT2D eigenvalue weighted by atomic mass is 10.0. The summed E-state index contributed by atoms with van der Waals surface area (Å²) >= 11 is 3.47. The smallest absolute Gasteiger partial charge is 0.134 e. The van der Waals surface area contributed by atoms with Crippen LogP contribution in [0.15, 0.2) is 27.2 Å². The Morgan fingerprint density at radius 3 is 2.67 bits per heavy atom. The number of halogens is 1. The zero-order valence-corrected chi connectivity index (χ0v) is 10.1. The summed E-state index contributed by atoms with van der Waals surface area (Å²) in [6.45, 7) is 3.86. The summed E-state index contributed by atoms with van der Waals surface area (Å²) in [4.78, 5) is 0. The van der Waals surface area contributed by atoms with E-state index >= 15 is 0 Å². The molecule has 15 heavy (non-hydrogen) atoms. The monoisotopic (exact) mass is 266 g/mol. The normalized spacial score (nSPS) is 10.6. The first-order valence-corrected chi connectivity index (χ1v) is 5.37. The average Bonchev–Trinajstić information content (AvgIpc) is 2.59. The van der Waals surface area contributed by atoms with E-state index in [1.807, 2.05) is 32.0 Å². The van der Waals surface area contributed by atoms with Crippen LogP contribution in [-0.4, -0.2) is 5.16 Å².